The average Bonchev–Trinajstić information content (AvgIpc) is 2.39. The molecule has 0 radical (unpaired) electrons. The van der Waals surface area contributed by atoms with Crippen LogP contribution in [-0.4, -0.2) is 43.3 Å². The molecule has 1 aromatic heterocycles. The molecule has 0 saturated carbocycles. The molecule has 1 amide bonds. The summed E-state index contributed by atoms with van der Waals surface area (Å²) in [7, 11) is 2.91. The Kier molecular flexibility index (Phi) is 8.04. The van der Waals surface area contributed by atoms with Crippen molar-refractivity contribution in [2.45, 2.75) is 13.8 Å². The monoisotopic (exact) mass is 260 g/mol. The quantitative estimate of drug-likeness (QED) is 0.489. The Balaban J connectivity index is 0.00000324. The Morgan fingerprint density at radius 1 is 1.32 bits per heavy atom. The van der Waals surface area contributed by atoms with Crippen molar-refractivity contribution < 1.29 is 37.9 Å². The van der Waals surface area contributed by atoms with Gasteiger partial charge in [0.25, 0.3) is 0 Å². The first-order chi connectivity index (χ1) is 8.67. The number of methoxy groups -OCH3 is 2. The number of hydrogen-bond donors (Lipinski definition) is 0. The van der Waals surface area contributed by atoms with Crippen LogP contribution in [0.3, 0.4) is 0 Å². The fraction of sp³-hybridized carbons (Fsp3) is 0.500. The third-order valence-electron chi connectivity index (χ3n) is 2.39. The van der Waals surface area contributed by atoms with Crippen LogP contribution in [-0.2, 0) is 0 Å². The third kappa shape index (κ3) is 4.34. The van der Waals surface area contributed by atoms with Gasteiger partial charge in [-0.2, -0.15) is 6.07 Å². The summed E-state index contributed by atoms with van der Waals surface area (Å²) in [6.45, 7) is 4.89. The summed E-state index contributed by atoms with van der Waals surface area (Å²) in [4.78, 5) is 17.3. The van der Waals surface area contributed by atoms with Gasteiger partial charge in [0.05, 0.1) is 20.0 Å². The van der Waals surface area contributed by atoms with E-state index >= 15 is 0 Å². The molecule has 0 aliphatic carbocycles. The molecule has 1 rings (SSSR count). The van der Waals surface area contributed by atoms with Gasteiger partial charge in [0.2, 0.25) is 0 Å². The predicted octanol–water partition coefficient (Wildman–Crippen LogP) is -1.26. The van der Waals surface area contributed by atoms with E-state index in [9.17, 15) is 4.79 Å². The molecule has 100 valence electrons. The van der Waals surface area contributed by atoms with E-state index in [1.807, 2.05) is 13.8 Å². The van der Waals surface area contributed by atoms with Gasteiger partial charge < -0.3 is 19.1 Å². The molecular formula is C12H17LiN2O4. The molecule has 6 nitrogen and oxygen atoms in total. The van der Waals surface area contributed by atoms with E-state index in [4.69, 9.17) is 14.2 Å². The van der Waals surface area contributed by atoms with E-state index < -0.39 is 6.09 Å². The summed E-state index contributed by atoms with van der Waals surface area (Å²) >= 11 is 0. The molecule has 0 fully saturated rings. The van der Waals surface area contributed by atoms with Crippen molar-refractivity contribution in [3.63, 3.8) is 0 Å². The summed E-state index contributed by atoms with van der Waals surface area (Å²) in [5.74, 6) is 0.667. The maximum absolute atomic E-state index is 11.8. The van der Waals surface area contributed by atoms with Crippen molar-refractivity contribution in [3.05, 3.63) is 12.3 Å². The van der Waals surface area contributed by atoms with Crippen molar-refractivity contribution in [1.82, 2.24) is 9.88 Å². The first-order valence-corrected chi connectivity index (χ1v) is 5.63. The van der Waals surface area contributed by atoms with Gasteiger partial charge in [-0.25, -0.2) is 4.79 Å². The Hall–Kier alpha value is -1.38. The van der Waals surface area contributed by atoms with Crippen LogP contribution in [0.2, 0.25) is 0 Å². The molecule has 0 bridgehead atoms. The van der Waals surface area contributed by atoms with Gasteiger partial charge in [0, 0.05) is 18.8 Å². The predicted molar refractivity (Wildman–Crippen MR) is 65.1 cm³/mol. The molecule has 0 aromatic carbocycles. The minimum atomic E-state index is -0.456. The number of ether oxygens (including phenoxy) is 3. The number of aromatic nitrogens is 1. The van der Waals surface area contributed by atoms with Crippen LogP contribution in [0.15, 0.2) is 6.20 Å². The standard InChI is InChI=1S/C12H17N2O4.Li/c1-5-14(6-2)12(15)18-9-7-8-13-11(17-4)10(9)16-3;/h8H,5-6H2,1-4H3;/q-1;+1. The normalized spacial score (nSPS) is 9.26. The van der Waals surface area contributed by atoms with E-state index in [0.717, 1.165) is 0 Å². The van der Waals surface area contributed by atoms with Gasteiger partial charge >= 0.3 is 25.0 Å². The SMILES string of the molecule is CCN(CC)C(=O)Oc1[c-]cnc(OC)c1OC.[Li+]. The van der Waals surface area contributed by atoms with Gasteiger partial charge in [0.15, 0.2) is 5.88 Å². The van der Waals surface area contributed by atoms with Crippen LogP contribution in [0, 0.1) is 6.07 Å². The first-order valence-electron chi connectivity index (χ1n) is 5.63. The molecule has 1 aromatic rings. The van der Waals surface area contributed by atoms with Gasteiger partial charge in [-0.05, 0) is 13.8 Å². The Morgan fingerprint density at radius 3 is 2.42 bits per heavy atom. The van der Waals surface area contributed by atoms with Crippen LogP contribution in [0.4, 0.5) is 4.79 Å². The fourth-order valence-corrected chi connectivity index (χ4v) is 1.41. The molecule has 0 aliphatic rings. The Morgan fingerprint density at radius 2 is 1.95 bits per heavy atom. The maximum atomic E-state index is 11.8. The Labute approximate surface area is 125 Å². The number of nitrogens with zero attached hydrogens (tertiary/aromatic N) is 2. The molecule has 0 unspecified atom stereocenters. The topological polar surface area (TPSA) is 60.9 Å². The van der Waals surface area contributed by atoms with Crippen LogP contribution in [0.1, 0.15) is 13.8 Å². The van der Waals surface area contributed by atoms with Gasteiger partial charge in [-0.3, -0.25) is 4.98 Å². The summed E-state index contributed by atoms with van der Waals surface area (Å²) in [6.07, 6.45) is 0.912. The maximum Gasteiger partial charge on any atom is 1.00 e. The minimum Gasteiger partial charge on any atom is -0.573 e. The second kappa shape index (κ2) is 8.67. The molecule has 1 heterocycles. The Bertz CT molecular complexity index is 411. The van der Waals surface area contributed by atoms with E-state index in [1.54, 1.807) is 4.90 Å². The summed E-state index contributed by atoms with van der Waals surface area (Å²) in [5.41, 5.74) is 0. The molecule has 0 atom stereocenters. The molecular weight excluding hydrogens is 243 g/mol. The van der Waals surface area contributed by atoms with E-state index in [-0.39, 0.29) is 36.2 Å². The first kappa shape index (κ1) is 17.6. The molecule has 0 N–H and O–H groups in total. The molecule has 0 aliphatic heterocycles. The number of rotatable bonds is 5. The van der Waals surface area contributed by atoms with Crippen molar-refractivity contribution in [3.8, 4) is 17.4 Å². The van der Waals surface area contributed by atoms with Crippen molar-refractivity contribution in [1.29, 1.82) is 0 Å². The van der Waals surface area contributed by atoms with Gasteiger partial charge in [-0.15, -0.1) is 0 Å². The summed E-state index contributed by atoms with van der Waals surface area (Å²) < 4.78 is 15.3. The number of amides is 1. The minimum absolute atomic E-state index is 0. The fourth-order valence-electron chi connectivity index (χ4n) is 1.41. The van der Waals surface area contributed by atoms with Crippen LogP contribution >= 0.6 is 0 Å². The zero-order valence-corrected chi connectivity index (χ0v) is 12.0. The number of carbonyl (C=O) groups is 1. The van der Waals surface area contributed by atoms with Crippen molar-refractivity contribution in [2.24, 2.45) is 0 Å². The smallest absolute Gasteiger partial charge is 0.573 e. The molecule has 0 saturated heterocycles. The second-order valence-corrected chi connectivity index (χ2v) is 3.31. The number of pyridine rings is 1. The van der Waals surface area contributed by atoms with Crippen LogP contribution < -0.4 is 33.1 Å². The number of hydrogen-bond acceptors (Lipinski definition) is 5. The van der Waals surface area contributed by atoms with Crippen LogP contribution in [0.25, 0.3) is 0 Å². The van der Waals surface area contributed by atoms with Crippen molar-refractivity contribution >= 4 is 6.09 Å². The zero-order chi connectivity index (χ0) is 13.5. The third-order valence-corrected chi connectivity index (χ3v) is 2.39. The zero-order valence-electron chi connectivity index (χ0n) is 12.0. The second-order valence-electron chi connectivity index (χ2n) is 3.31. The molecule has 0 spiro atoms. The average molecular weight is 260 g/mol. The van der Waals surface area contributed by atoms with Gasteiger partial charge in [0.1, 0.15) is 0 Å². The van der Waals surface area contributed by atoms with Crippen LogP contribution in [0.5, 0.6) is 17.4 Å². The van der Waals surface area contributed by atoms with Gasteiger partial charge in [-0.1, -0.05) is 6.20 Å². The summed E-state index contributed by atoms with van der Waals surface area (Å²) in [5, 5.41) is 0. The largest absolute Gasteiger partial charge is 1.00 e. The molecule has 19 heavy (non-hydrogen) atoms. The summed E-state index contributed by atoms with van der Waals surface area (Å²) in [6, 6.07) is 2.71. The van der Waals surface area contributed by atoms with E-state index in [0.29, 0.717) is 13.1 Å². The molecule has 7 heteroatoms. The number of carbonyl (C=O) groups excluding carboxylic acids is 1. The van der Waals surface area contributed by atoms with E-state index in [1.165, 1.54) is 20.4 Å². The van der Waals surface area contributed by atoms with Crippen molar-refractivity contribution in [2.75, 3.05) is 27.3 Å². The van der Waals surface area contributed by atoms with E-state index in [2.05, 4.69) is 11.1 Å².